The second-order valence-electron chi connectivity index (χ2n) is 4.16. The molecule has 6 nitrogen and oxygen atoms in total. The molecule has 2 rings (SSSR count). The van der Waals surface area contributed by atoms with Crippen molar-refractivity contribution >= 4 is 17.3 Å². The molecular formula is C12H19N5O. The maximum atomic E-state index is 9.52. The van der Waals surface area contributed by atoms with Crippen LogP contribution in [-0.2, 0) is 0 Å². The van der Waals surface area contributed by atoms with Gasteiger partial charge in [0.25, 0.3) is 0 Å². The summed E-state index contributed by atoms with van der Waals surface area (Å²) in [5.74, 6) is 1.51. The topological polar surface area (TPSA) is 74.5 Å². The second kappa shape index (κ2) is 5.68. The zero-order chi connectivity index (χ0) is 13.0. The number of fused-ring (bicyclic) bond motifs is 1. The molecule has 0 fully saturated rings. The molecule has 0 radical (unpaired) electrons. The van der Waals surface area contributed by atoms with E-state index in [4.69, 9.17) is 0 Å². The van der Waals surface area contributed by atoms with E-state index >= 15 is 0 Å². The summed E-state index contributed by atoms with van der Waals surface area (Å²) in [4.78, 5) is 8.69. The van der Waals surface area contributed by atoms with Gasteiger partial charge in [0.2, 0.25) is 0 Å². The lowest BCUT2D eigenvalue weighted by Gasteiger charge is -2.11. The quantitative estimate of drug-likeness (QED) is 0.720. The number of nitrogens with zero attached hydrogens (tertiary/aromatic N) is 3. The molecule has 3 N–H and O–H groups in total. The van der Waals surface area contributed by atoms with E-state index in [-0.39, 0.29) is 6.10 Å². The molecular weight excluding hydrogens is 230 g/mol. The zero-order valence-corrected chi connectivity index (χ0v) is 10.7. The smallest absolute Gasteiger partial charge is 0.180 e. The maximum absolute atomic E-state index is 9.52. The zero-order valence-electron chi connectivity index (χ0n) is 10.7. The van der Waals surface area contributed by atoms with Gasteiger partial charge in [-0.05, 0) is 12.8 Å². The Balaban J connectivity index is 2.13. The molecule has 2 aromatic heterocycles. The Morgan fingerprint density at radius 1 is 1.50 bits per heavy atom. The van der Waals surface area contributed by atoms with Crippen LogP contribution in [0, 0.1) is 0 Å². The lowest BCUT2D eigenvalue weighted by Crippen LogP contribution is -2.14. The Morgan fingerprint density at radius 3 is 3.06 bits per heavy atom. The lowest BCUT2D eigenvalue weighted by molar-refractivity contribution is 0.164. The van der Waals surface area contributed by atoms with Crippen molar-refractivity contribution in [1.82, 2.24) is 14.4 Å². The number of aliphatic hydroxyl groups is 1. The van der Waals surface area contributed by atoms with Crippen LogP contribution < -0.4 is 10.6 Å². The molecule has 2 heterocycles. The van der Waals surface area contributed by atoms with Gasteiger partial charge in [-0.3, -0.25) is 0 Å². The molecule has 0 aliphatic carbocycles. The van der Waals surface area contributed by atoms with Gasteiger partial charge >= 0.3 is 0 Å². The molecule has 1 unspecified atom stereocenters. The van der Waals surface area contributed by atoms with E-state index in [1.54, 1.807) is 6.20 Å². The van der Waals surface area contributed by atoms with E-state index in [1.807, 2.05) is 30.8 Å². The van der Waals surface area contributed by atoms with E-state index in [2.05, 4.69) is 20.6 Å². The molecule has 0 spiro atoms. The van der Waals surface area contributed by atoms with Crippen molar-refractivity contribution in [2.24, 2.45) is 0 Å². The minimum atomic E-state index is -0.263. The summed E-state index contributed by atoms with van der Waals surface area (Å²) in [5, 5.41) is 15.7. The minimum Gasteiger partial charge on any atom is -0.393 e. The number of aliphatic hydroxyl groups excluding tert-OH is 1. The van der Waals surface area contributed by atoms with Gasteiger partial charge < -0.3 is 20.1 Å². The molecule has 0 saturated heterocycles. The number of nitrogens with one attached hydrogen (secondary N) is 2. The first kappa shape index (κ1) is 12.6. The molecule has 2 aromatic rings. The van der Waals surface area contributed by atoms with Crippen LogP contribution in [0.25, 0.3) is 5.65 Å². The fraction of sp³-hybridized carbons (Fsp3) is 0.500. The molecule has 0 amide bonds. The van der Waals surface area contributed by atoms with Crippen LogP contribution in [0.3, 0.4) is 0 Å². The van der Waals surface area contributed by atoms with E-state index in [0.29, 0.717) is 13.0 Å². The number of aromatic nitrogens is 3. The average molecular weight is 249 g/mol. The normalized spacial score (nSPS) is 12.6. The number of imidazole rings is 1. The largest absolute Gasteiger partial charge is 0.393 e. The van der Waals surface area contributed by atoms with Crippen molar-refractivity contribution in [2.75, 3.05) is 24.2 Å². The Morgan fingerprint density at radius 2 is 2.33 bits per heavy atom. The van der Waals surface area contributed by atoms with E-state index in [1.165, 1.54) is 0 Å². The van der Waals surface area contributed by atoms with E-state index < -0.39 is 0 Å². The molecule has 0 saturated carbocycles. The first-order valence-electron chi connectivity index (χ1n) is 6.18. The molecule has 6 heteroatoms. The SMILES string of the molecule is CCC(O)CCNc1nc(NC)cn2ccnc12. The van der Waals surface area contributed by atoms with Gasteiger partial charge in [0, 0.05) is 26.0 Å². The fourth-order valence-electron chi connectivity index (χ4n) is 1.73. The summed E-state index contributed by atoms with van der Waals surface area (Å²) >= 11 is 0. The van der Waals surface area contributed by atoms with Gasteiger partial charge in [-0.15, -0.1) is 0 Å². The highest BCUT2D eigenvalue weighted by Crippen LogP contribution is 2.16. The van der Waals surface area contributed by atoms with Gasteiger partial charge in [-0.1, -0.05) is 6.92 Å². The molecule has 98 valence electrons. The van der Waals surface area contributed by atoms with Crippen molar-refractivity contribution in [3.8, 4) is 0 Å². The lowest BCUT2D eigenvalue weighted by atomic mass is 10.2. The number of rotatable bonds is 6. The third kappa shape index (κ3) is 2.70. The average Bonchev–Trinajstić information content (AvgIpc) is 2.86. The molecule has 0 aliphatic rings. The molecule has 1 atom stereocenters. The van der Waals surface area contributed by atoms with Crippen LogP contribution in [0.15, 0.2) is 18.6 Å². The van der Waals surface area contributed by atoms with Crippen LogP contribution in [0.4, 0.5) is 11.6 Å². The predicted octanol–water partition coefficient (Wildman–Crippen LogP) is 1.34. The van der Waals surface area contributed by atoms with Crippen LogP contribution in [0.2, 0.25) is 0 Å². The summed E-state index contributed by atoms with van der Waals surface area (Å²) in [5.41, 5.74) is 0.792. The van der Waals surface area contributed by atoms with Crippen LogP contribution >= 0.6 is 0 Å². The number of hydrogen-bond donors (Lipinski definition) is 3. The van der Waals surface area contributed by atoms with Crippen LogP contribution in [-0.4, -0.2) is 39.2 Å². The highest BCUT2D eigenvalue weighted by atomic mass is 16.3. The Bertz CT molecular complexity index is 510. The van der Waals surface area contributed by atoms with E-state index in [9.17, 15) is 5.11 Å². The first-order valence-corrected chi connectivity index (χ1v) is 6.18. The monoisotopic (exact) mass is 249 g/mol. The highest BCUT2D eigenvalue weighted by Gasteiger charge is 2.07. The maximum Gasteiger partial charge on any atom is 0.180 e. The molecule has 18 heavy (non-hydrogen) atoms. The van der Waals surface area contributed by atoms with Crippen molar-refractivity contribution in [2.45, 2.75) is 25.9 Å². The highest BCUT2D eigenvalue weighted by molar-refractivity contribution is 5.65. The standard InChI is InChI=1S/C12H19N5O/c1-3-9(18)4-5-14-11-12-15-6-7-17(12)8-10(13-2)16-11/h6-9,13,18H,3-5H2,1-2H3,(H,14,16). The van der Waals surface area contributed by atoms with E-state index in [0.717, 1.165) is 23.7 Å². The van der Waals surface area contributed by atoms with Gasteiger partial charge in [-0.2, -0.15) is 0 Å². The van der Waals surface area contributed by atoms with Crippen molar-refractivity contribution in [3.63, 3.8) is 0 Å². The summed E-state index contributed by atoms with van der Waals surface area (Å²) in [7, 11) is 1.83. The second-order valence-corrected chi connectivity index (χ2v) is 4.16. The first-order chi connectivity index (χ1) is 8.74. The summed E-state index contributed by atoms with van der Waals surface area (Å²) in [6, 6.07) is 0. The van der Waals surface area contributed by atoms with Gasteiger partial charge in [0.1, 0.15) is 5.82 Å². The molecule has 0 aromatic carbocycles. The Hall–Kier alpha value is -1.82. The third-order valence-corrected chi connectivity index (χ3v) is 2.87. The van der Waals surface area contributed by atoms with Gasteiger partial charge in [-0.25, -0.2) is 9.97 Å². The minimum absolute atomic E-state index is 0.263. The van der Waals surface area contributed by atoms with Crippen molar-refractivity contribution in [3.05, 3.63) is 18.6 Å². The molecule has 0 aliphatic heterocycles. The van der Waals surface area contributed by atoms with Gasteiger partial charge in [0.05, 0.1) is 12.3 Å². The van der Waals surface area contributed by atoms with Gasteiger partial charge in [0.15, 0.2) is 11.5 Å². The summed E-state index contributed by atoms with van der Waals surface area (Å²) in [6.45, 7) is 2.65. The number of anilines is 2. The third-order valence-electron chi connectivity index (χ3n) is 2.87. The van der Waals surface area contributed by atoms with Crippen LogP contribution in [0.1, 0.15) is 19.8 Å². The Labute approximate surface area is 106 Å². The summed E-state index contributed by atoms with van der Waals surface area (Å²) < 4.78 is 1.91. The van der Waals surface area contributed by atoms with Crippen LogP contribution in [0.5, 0.6) is 0 Å². The van der Waals surface area contributed by atoms with Crippen molar-refractivity contribution < 1.29 is 5.11 Å². The Kier molecular flexibility index (Phi) is 3.99. The van der Waals surface area contributed by atoms with Crippen molar-refractivity contribution in [1.29, 1.82) is 0 Å². The predicted molar refractivity (Wildman–Crippen MR) is 71.9 cm³/mol. The molecule has 0 bridgehead atoms. The fourth-order valence-corrected chi connectivity index (χ4v) is 1.73. The number of hydrogen-bond acceptors (Lipinski definition) is 5. The summed E-state index contributed by atoms with van der Waals surface area (Å²) in [6.07, 6.45) is 6.71.